The van der Waals surface area contributed by atoms with Crippen LogP contribution in [-0.2, 0) is 4.74 Å². The van der Waals surface area contributed by atoms with Gasteiger partial charge in [-0.2, -0.15) is 0 Å². The van der Waals surface area contributed by atoms with Gasteiger partial charge in [-0.15, -0.1) is 0 Å². The molecule has 0 saturated carbocycles. The van der Waals surface area contributed by atoms with E-state index in [4.69, 9.17) is 4.74 Å². The van der Waals surface area contributed by atoms with Crippen LogP contribution < -0.4 is 14.7 Å². The maximum absolute atomic E-state index is 11.5. The van der Waals surface area contributed by atoms with Crippen LogP contribution in [-0.4, -0.2) is 55.6 Å². The van der Waals surface area contributed by atoms with Crippen LogP contribution in [0.1, 0.15) is 0 Å². The fraction of sp³-hybridized carbons (Fsp3) is 0.333. The number of aromatic nitrogens is 1. The summed E-state index contributed by atoms with van der Waals surface area (Å²) in [5.41, 5.74) is 2.65. The molecule has 130 valence electrons. The van der Waals surface area contributed by atoms with Gasteiger partial charge >= 0.3 is 6.09 Å². The van der Waals surface area contributed by atoms with Crippen molar-refractivity contribution in [1.29, 1.82) is 0 Å². The lowest BCUT2D eigenvalue weighted by molar-refractivity contribution is 0.122. The van der Waals surface area contributed by atoms with Gasteiger partial charge in [-0.25, -0.2) is 9.78 Å². The second kappa shape index (κ2) is 6.60. The molecule has 2 aliphatic heterocycles. The van der Waals surface area contributed by atoms with Crippen LogP contribution in [0.5, 0.6) is 0 Å². The van der Waals surface area contributed by atoms with Crippen LogP contribution in [0.4, 0.5) is 27.7 Å². The van der Waals surface area contributed by atoms with Crippen molar-refractivity contribution in [3.05, 3.63) is 42.6 Å². The Kier molecular flexibility index (Phi) is 4.15. The third kappa shape index (κ3) is 2.98. The SMILES string of the molecule is O=C(O)N1CCN(c2ccc(N3CCOCC3)cn2)c2ccccc21. The summed E-state index contributed by atoms with van der Waals surface area (Å²) >= 11 is 0. The number of carbonyl (C=O) groups is 1. The van der Waals surface area contributed by atoms with Crippen molar-refractivity contribution >= 4 is 29.0 Å². The highest BCUT2D eigenvalue weighted by molar-refractivity contribution is 5.93. The zero-order chi connectivity index (χ0) is 17.2. The first-order valence-electron chi connectivity index (χ1n) is 8.40. The molecule has 1 fully saturated rings. The molecule has 0 aliphatic carbocycles. The molecule has 1 saturated heterocycles. The van der Waals surface area contributed by atoms with E-state index >= 15 is 0 Å². The first-order valence-corrected chi connectivity index (χ1v) is 8.40. The number of morpholine rings is 1. The van der Waals surface area contributed by atoms with Crippen LogP contribution in [0.3, 0.4) is 0 Å². The van der Waals surface area contributed by atoms with Crippen LogP contribution >= 0.6 is 0 Å². The summed E-state index contributed by atoms with van der Waals surface area (Å²) < 4.78 is 5.39. The van der Waals surface area contributed by atoms with Gasteiger partial charge in [0.05, 0.1) is 36.5 Å². The summed E-state index contributed by atoms with van der Waals surface area (Å²) in [5.74, 6) is 0.828. The molecule has 1 amide bonds. The van der Waals surface area contributed by atoms with Crippen LogP contribution in [0.2, 0.25) is 0 Å². The van der Waals surface area contributed by atoms with E-state index in [9.17, 15) is 9.90 Å². The zero-order valence-corrected chi connectivity index (χ0v) is 13.8. The maximum atomic E-state index is 11.5. The molecule has 2 aromatic rings. The number of pyridine rings is 1. The normalized spacial score (nSPS) is 17.4. The van der Waals surface area contributed by atoms with E-state index in [0.29, 0.717) is 18.8 Å². The Balaban J connectivity index is 1.61. The van der Waals surface area contributed by atoms with Crippen molar-refractivity contribution in [2.24, 2.45) is 0 Å². The van der Waals surface area contributed by atoms with E-state index in [0.717, 1.165) is 43.5 Å². The van der Waals surface area contributed by atoms with Gasteiger partial charge in [0, 0.05) is 26.2 Å². The smallest absolute Gasteiger partial charge is 0.411 e. The lowest BCUT2D eigenvalue weighted by Crippen LogP contribution is -2.42. The summed E-state index contributed by atoms with van der Waals surface area (Å²) in [6, 6.07) is 11.6. The molecule has 1 N–H and O–H groups in total. The number of fused-ring (bicyclic) bond motifs is 1. The van der Waals surface area contributed by atoms with E-state index < -0.39 is 6.09 Å². The van der Waals surface area contributed by atoms with Crippen molar-refractivity contribution in [2.75, 3.05) is 54.1 Å². The van der Waals surface area contributed by atoms with Crippen molar-refractivity contribution in [1.82, 2.24) is 4.98 Å². The predicted octanol–water partition coefficient (Wildman–Crippen LogP) is 2.55. The van der Waals surface area contributed by atoms with E-state index in [-0.39, 0.29) is 0 Å². The number of anilines is 4. The molecule has 1 aromatic carbocycles. The molecule has 7 heteroatoms. The van der Waals surface area contributed by atoms with Crippen LogP contribution in [0, 0.1) is 0 Å². The van der Waals surface area contributed by atoms with E-state index in [2.05, 4.69) is 20.9 Å². The maximum Gasteiger partial charge on any atom is 0.411 e. The Morgan fingerprint density at radius 2 is 1.76 bits per heavy atom. The van der Waals surface area contributed by atoms with Gasteiger partial charge < -0.3 is 19.6 Å². The van der Waals surface area contributed by atoms with Crippen LogP contribution in [0.25, 0.3) is 0 Å². The lowest BCUT2D eigenvalue weighted by atomic mass is 10.1. The molecule has 7 nitrogen and oxygen atoms in total. The quantitative estimate of drug-likeness (QED) is 0.906. The first kappa shape index (κ1) is 15.7. The predicted molar refractivity (Wildman–Crippen MR) is 96.1 cm³/mol. The second-order valence-corrected chi connectivity index (χ2v) is 6.05. The molecule has 2 aliphatic rings. The number of rotatable bonds is 2. The number of benzene rings is 1. The third-order valence-electron chi connectivity index (χ3n) is 4.63. The van der Waals surface area contributed by atoms with Crippen molar-refractivity contribution in [2.45, 2.75) is 0 Å². The van der Waals surface area contributed by atoms with Crippen molar-refractivity contribution in [3.63, 3.8) is 0 Å². The molecule has 1 aromatic heterocycles. The highest BCUT2D eigenvalue weighted by atomic mass is 16.5. The van der Waals surface area contributed by atoms with E-state index in [1.165, 1.54) is 4.90 Å². The zero-order valence-electron chi connectivity index (χ0n) is 13.8. The van der Waals surface area contributed by atoms with Gasteiger partial charge in [-0.1, -0.05) is 12.1 Å². The van der Waals surface area contributed by atoms with Gasteiger partial charge in [0.15, 0.2) is 0 Å². The molecule has 0 unspecified atom stereocenters. The molecular formula is C18H20N4O3. The monoisotopic (exact) mass is 340 g/mol. The average molecular weight is 340 g/mol. The molecule has 4 rings (SSSR count). The summed E-state index contributed by atoms with van der Waals surface area (Å²) in [6.07, 6.45) is 0.954. The second-order valence-electron chi connectivity index (χ2n) is 6.05. The highest BCUT2D eigenvalue weighted by Gasteiger charge is 2.27. The largest absolute Gasteiger partial charge is 0.465 e. The average Bonchev–Trinajstić information content (AvgIpc) is 2.68. The summed E-state index contributed by atoms with van der Waals surface area (Å²) in [5, 5.41) is 9.40. The minimum absolute atomic E-state index is 0.416. The molecular weight excluding hydrogens is 320 g/mol. The number of nitrogens with zero attached hydrogens (tertiary/aromatic N) is 4. The molecule has 25 heavy (non-hydrogen) atoms. The number of hydrogen-bond donors (Lipinski definition) is 1. The highest BCUT2D eigenvalue weighted by Crippen LogP contribution is 2.37. The topological polar surface area (TPSA) is 69.1 Å². The molecule has 0 spiro atoms. The van der Waals surface area contributed by atoms with Gasteiger partial charge in [0.25, 0.3) is 0 Å². The van der Waals surface area contributed by atoms with E-state index in [1.807, 2.05) is 36.5 Å². The van der Waals surface area contributed by atoms with Crippen LogP contribution in [0.15, 0.2) is 42.6 Å². The van der Waals surface area contributed by atoms with Gasteiger partial charge in [0.2, 0.25) is 0 Å². The Labute approximate surface area is 146 Å². The molecule has 0 bridgehead atoms. The molecule has 0 radical (unpaired) electrons. The summed E-state index contributed by atoms with van der Waals surface area (Å²) in [4.78, 5) is 21.8. The number of para-hydroxylation sites is 2. The lowest BCUT2D eigenvalue weighted by Gasteiger charge is -2.36. The van der Waals surface area contributed by atoms with Crippen molar-refractivity contribution < 1.29 is 14.6 Å². The fourth-order valence-electron chi connectivity index (χ4n) is 3.34. The minimum atomic E-state index is -0.928. The molecule has 3 heterocycles. The standard InChI is InChI=1S/C18H20N4O3/c23-18(24)22-8-7-21(15-3-1-2-4-16(15)22)17-6-5-14(13-19-17)20-9-11-25-12-10-20/h1-6,13H,7-12H2,(H,23,24). The van der Waals surface area contributed by atoms with Gasteiger partial charge in [-0.05, 0) is 24.3 Å². The number of amides is 1. The van der Waals surface area contributed by atoms with Gasteiger partial charge in [-0.3, -0.25) is 4.90 Å². The first-order chi connectivity index (χ1) is 12.2. The fourth-order valence-corrected chi connectivity index (χ4v) is 3.34. The number of carboxylic acid groups (broad SMARTS) is 1. The minimum Gasteiger partial charge on any atom is -0.465 e. The number of ether oxygens (including phenoxy) is 1. The Morgan fingerprint density at radius 3 is 2.44 bits per heavy atom. The third-order valence-corrected chi connectivity index (χ3v) is 4.63. The van der Waals surface area contributed by atoms with Crippen molar-refractivity contribution in [3.8, 4) is 0 Å². The summed E-state index contributed by atoms with van der Waals surface area (Å²) in [6.45, 7) is 4.23. The van der Waals surface area contributed by atoms with E-state index in [1.54, 1.807) is 0 Å². The molecule has 0 atom stereocenters. The van der Waals surface area contributed by atoms with Gasteiger partial charge in [0.1, 0.15) is 5.82 Å². The Morgan fingerprint density at radius 1 is 1.00 bits per heavy atom. The Bertz CT molecular complexity index is 759. The summed E-state index contributed by atoms with van der Waals surface area (Å²) in [7, 11) is 0. The number of hydrogen-bond acceptors (Lipinski definition) is 5. The Hall–Kier alpha value is -2.80.